The third-order valence-electron chi connectivity index (χ3n) is 2.43. The van der Waals surface area contributed by atoms with Gasteiger partial charge in [0.05, 0.1) is 5.56 Å². The van der Waals surface area contributed by atoms with Crippen LogP contribution in [0.5, 0.6) is 5.75 Å². The molecule has 1 aromatic rings. The van der Waals surface area contributed by atoms with Gasteiger partial charge in [-0.15, -0.1) is 0 Å². The zero-order chi connectivity index (χ0) is 12.3. The summed E-state index contributed by atoms with van der Waals surface area (Å²) in [4.78, 5) is 11.5. The van der Waals surface area contributed by atoms with Crippen molar-refractivity contribution >= 4 is 12.2 Å². The van der Waals surface area contributed by atoms with E-state index >= 15 is 0 Å². The molecule has 4 heteroatoms. The van der Waals surface area contributed by atoms with Gasteiger partial charge in [0, 0.05) is 6.42 Å². The number of nitrogens with zero attached hydrogens (tertiary/aromatic N) is 1. The number of carbonyl (C=O) groups excluding carboxylic acids is 1. The van der Waals surface area contributed by atoms with E-state index in [9.17, 15) is 9.90 Å². The van der Waals surface area contributed by atoms with Crippen molar-refractivity contribution in [2.24, 2.45) is 0 Å². The predicted molar refractivity (Wildman–Crippen MR) is 63.4 cm³/mol. The zero-order valence-electron chi connectivity index (χ0n) is 9.59. The third-order valence-corrected chi connectivity index (χ3v) is 2.43. The molecule has 0 aromatic heterocycles. The van der Waals surface area contributed by atoms with E-state index in [2.05, 4.69) is 0 Å². The average Bonchev–Trinajstić information content (AvgIpc) is 2.29. The Morgan fingerprint density at radius 3 is 2.88 bits per heavy atom. The van der Waals surface area contributed by atoms with Gasteiger partial charge in [-0.2, -0.15) is 4.58 Å². The van der Waals surface area contributed by atoms with Gasteiger partial charge in [-0.1, -0.05) is 19.1 Å². The first-order chi connectivity index (χ1) is 8.20. The van der Waals surface area contributed by atoms with E-state index in [1.807, 2.05) is 19.1 Å². The fourth-order valence-corrected chi connectivity index (χ4v) is 1.66. The van der Waals surface area contributed by atoms with Gasteiger partial charge in [0.2, 0.25) is 0 Å². The lowest BCUT2D eigenvalue weighted by Gasteiger charge is -2.08. The van der Waals surface area contributed by atoms with Crippen molar-refractivity contribution in [2.45, 2.75) is 13.3 Å². The van der Waals surface area contributed by atoms with E-state index in [0.29, 0.717) is 12.3 Å². The molecule has 0 aliphatic carbocycles. The maximum Gasteiger partial charge on any atom is 0.372 e. The highest BCUT2D eigenvalue weighted by atomic mass is 16.5. The minimum absolute atomic E-state index is 0.0913. The minimum atomic E-state index is -0.566. The van der Waals surface area contributed by atoms with Crippen LogP contribution in [0.3, 0.4) is 0 Å². The van der Waals surface area contributed by atoms with E-state index in [1.54, 1.807) is 22.9 Å². The lowest BCUT2D eigenvalue weighted by molar-refractivity contribution is -0.501. The monoisotopic (exact) mass is 232 g/mol. The Morgan fingerprint density at radius 2 is 2.12 bits per heavy atom. The first-order valence-corrected chi connectivity index (χ1v) is 5.53. The smallest absolute Gasteiger partial charge is 0.372 e. The fraction of sp³-hybridized carbons (Fsp3) is 0.231. The van der Waals surface area contributed by atoms with Crippen LogP contribution in [-0.2, 0) is 4.79 Å². The SMILES string of the molecule is CCC[N+]1=Cc2ccccc2OC(=O)C=C1O. The van der Waals surface area contributed by atoms with Gasteiger partial charge >= 0.3 is 11.9 Å². The van der Waals surface area contributed by atoms with Crippen molar-refractivity contribution < 1.29 is 19.2 Å². The molecule has 0 fully saturated rings. The van der Waals surface area contributed by atoms with Crippen molar-refractivity contribution in [1.82, 2.24) is 0 Å². The van der Waals surface area contributed by atoms with Crippen LogP contribution >= 0.6 is 0 Å². The van der Waals surface area contributed by atoms with Crippen LogP contribution in [0.4, 0.5) is 0 Å². The van der Waals surface area contributed by atoms with Crippen LogP contribution in [0.1, 0.15) is 18.9 Å². The average molecular weight is 232 g/mol. The molecule has 0 saturated carbocycles. The van der Waals surface area contributed by atoms with Crippen LogP contribution in [0.15, 0.2) is 36.2 Å². The van der Waals surface area contributed by atoms with Crippen molar-refractivity contribution in [3.05, 3.63) is 41.8 Å². The summed E-state index contributed by atoms with van der Waals surface area (Å²) in [6.45, 7) is 2.65. The first kappa shape index (κ1) is 11.4. The third kappa shape index (κ3) is 2.53. The van der Waals surface area contributed by atoms with Crippen LogP contribution < -0.4 is 4.74 Å². The van der Waals surface area contributed by atoms with Gasteiger partial charge in [0.1, 0.15) is 11.8 Å². The summed E-state index contributed by atoms with van der Waals surface area (Å²) in [6.07, 6.45) is 3.73. The second-order valence-electron chi connectivity index (χ2n) is 3.78. The Hall–Kier alpha value is -2.10. The first-order valence-electron chi connectivity index (χ1n) is 5.53. The largest absolute Gasteiger partial charge is 0.460 e. The molecule has 1 heterocycles. The van der Waals surface area contributed by atoms with Gasteiger partial charge in [-0.3, -0.25) is 0 Å². The molecule has 1 N–H and O–H groups in total. The van der Waals surface area contributed by atoms with Crippen molar-refractivity contribution in [3.8, 4) is 5.75 Å². The summed E-state index contributed by atoms with van der Waals surface area (Å²) in [7, 11) is 0. The number of aliphatic hydroxyl groups is 1. The van der Waals surface area contributed by atoms with Crippen molar-refractivity contribution in [3.63, 3.8) is 0 Å². The molecule has 4 nitrogen and oxygen atoms in total. The number of hydrogen-bond donors (Lipinski definition) is 1. The standard InChI is InChI=1S/C13H13NO3/c1-2-7-14-9-10-5-3-4-6-11(10)17-13(16)8-12(14)15/h3-6,8-9H,2,7H2,1H3/p+1. The van der Waals surface area contributed by atoms with Gasteiger partial charge in [-0.05, 0) is 12.1 Å². The van der Waals surface area contributed by atoms with Gasteiger partial charge < -0.3 is 9.84 Å². The number of aliphatic hydroxyl groups excluding tert-OH is 1. The number of benzene rings is 1. The number of carbonyl (C=O) groups is 1. The summed E-state index contributed by atoms with van der Waals surface area (Å²) in [5.74, 6) is -0.155. The molecule has 0 atom stereocenters. The fourth-order valence-electron chi connectivity index (χ4n) is 1.66. The Balaban J connectivity index is 2.51. The number of fused-ring (bicyclic) bond motifs is 1. The van der Waals surface area contributed by atoms with E-state index in [1.165, 1.54) is 0 Å². The summed E-state index contributed by atoms with van der Waals surface area (Å²) in [6, 6.07) is 7.22. The summed E-state index contributed by atoms with van der Waals surface area (Å²) < 4.78 is 6.74. The normalized spacial score (nSPS) is 15.0. The molecule has 1 aliphatic rings. The second kappa shape index (κ2) is 4.82. The molecule has 0 saturated heterocycles. The summed E-state index contributed by atoms with van der Waals surface area (Å²) in [5.41, 5.74) is 0.772. The lowest BCUT2D eigenvalue weighted by Crippen LogP contribution is -2.20. The quantitative estimate of drug-likeness (QED) is 0.481. The molecular formula is C13H14NO3+. The zero-order valence-corrected chi connectivity index (χ0v) is 9.59. The Labute approximate surface area is 99.5 Å². The van der Waals surface area contributed by atoms with Crippen molar-refractivity contribution in [1.29, 1.82) is 0 Å². The van der Waals surface area contributed by atoms with Crippen LogP contribution in [0.25, 0.3) is 0 Å². The predicted octanol–water partition coefficient (Wildman–Crippen LogP) is 1.85. The number of para-hydroxylation sites is 1. The maximum atomic E-state index is 11.5. The Kier molecular flexibility index (Phi) is 3.23. The summed E-state index contributed by atoms with van der Waals surface area (Å²) in [5, 5.41) is 9.76. The molecule has 0 bridgehead atoms. The minimum Gasteiger partial charge on any atom is -0.460 e. The highest BCUT2D eigenvalue weighted by Gasteiger charge is 2.19. The van der Waals surface area contributed by atoms with E-state index in [4.69, 9.17) is 4.74 Å². The van der Waals surface area contributed by atoms with Gasteiger partial charge in [-0.25, -0.2) is 4.79 Å². The molecule has 1 aliphatic heterocycles. The highest BCUT2D eigenvalue weighted by molar-refractivity contribution is 5.88. The molecule has 0 radical (unpaired) electrons. The Bertz CT molecular complexity index is 503. The number of hydrogen-bond acceptors (Lipinski definition) is 3. The Morgan fingerprint density at radius 1 is 1.35 bits per heavy atom. The lowest BCUT2D eigenvalue weighted by atomic mass is 10.2. The maximum absolute atomic E-state index is 11.5. The number of esters is 1. The molecule has 0 spiro atoms. The second-order valence-corrected chi connectivity index (χ2v) is 3.78. The molecule has 2 rings (SSSR count). The molecule has 17 heavy (non-hydrogen) atoms. The summed E-state index contributed by atoms with van der Waals surface area (Å²) >= 11 is 0. The van der Waals surface area contributed by atoms with Crippen LogP contribution in [-0.4, -0.2) is 28.4 Å². The van der Waals surface area contributed by atoms with E-state index < -0.39 is 5.97 Å². The van der Waals surface area contributed by atoms with E-state index in [0.717, 1.165) is 18.1 Å². The van der Waals surface area contributed by atoms with Crippen LogP contribution in [0, 0.1) is 0 Å². The van der Waals surface area contributed by atoms with Gasteiger partial charge in [0.25, 0.3) is 0 Å². The molecule has 0 unspecified atom stereocenters. The molecule has 88 valence electrons. The van der Waals surface area contributed by atoms with Crippen LogP contribution in [0.2, 0.25) is 0 Å². The van der Waals surface area contributed by atoms with Crippen molar-refractivity contribution in [2.75, 3.05) is 6.54 Å². The highest BCUT2D eigenvalue weighted by Crippen LogP contribution is 2.18. The molecule has 0 amide bonds. The van der Waals surface area contributed by atoms with Gasteiger partial charge in [0.15, 0.2) is 12.8 Å². The number of rotatable bonds is 2. The number of ether oxygens (including phenoxy) is 1. The molecule has 1 aromatic carbocycles. The molecular weight excluding hydrogens is 218 g/mol. The topological polar surface area (TPSA) is 49.5 Å². The van der Waals surface area contributed by atoms with E-state index in [-0.39, 0.29) is 5.88 Å².